The molecule has 0 rings (SSSR count). The van der Waals surface area contributed by atoms with E-state index in [0.29, 0.717) is 0 Å². The van der Waals surface area contributed by atoms with E-state index in [1.165, 1.54) is 64.2 Å². The molecule has 1 heteroatoms. The van der Waals surface area contributed by atoms with Crippen molar-refractivity contribution in [1.82, 2.24) is 0 Å². The number of aldehydes is 1. The lowest BCUT2D eigenvalue weighted by Gasteiger charge is -1.98. The van der Waals surface area contributed by atoms with E-state index < -0.39 is 0 Å². The van der Waals surface area contributed by atoms with Gasteiger partial charge in [-0.2, -0.15) is 0 Å². The summed E-state index contributed by atoms with van der Waals surface area (Å²) in [6.45, 7) is 2.25. The average molecular weight is 278 g/mol. The highest BCUT2D eigenvalue weighted by Gasteiger charge is 1.90. The highest BCUT2D eigenvalue weighted by Crippen LogP contribution is 2.08. The van der Waals surface area contributed by atoms with E-state index >= 15 is 0 Å². The number of hydrogen-bond donors (Lipinski definition) is 0. The van der Waals surface area contributed by atoms with Crippen LogP contribution in [-0.4, -0.2) is 6.29 Å². The Kier molecular flexibility index (Phi) is 17.4. The van der Waals surface area contributed by atoms with Crippen LogP contribution in [0.25, 0.3) is 0 Å². The number of rotatable bonds is 15. The van der Waals surface area contributed by atoms with Gasteiger partial charge in [-0.15, -0.1) is 0 Å². The molecular weight excluding hydrogens is 244 g/mol. The summed E-state index contributed by atoms with van der Waals surface area (Å²) in [4.78, 5) is 10.1. The minimum absolute atomic E-state index is 0.745. The molecule has 0 atom stereocenters. The Morgan fingerprint density at radius 1 is 0.600 bits per heavy atom. The van der Waals surface area contributed by atoms with E-state index in [-0.39, 0.29) is 0 Å². The molecule has 0 saturated heterocycles. The van der Waals surface area contributed by atoms with Crippen LogP contribution in [0.4, 0.5) is 0 Å². The molecule has 0 N–H and O–H groups in total. The lowest BCUT2D eigenvalue weighted by Crippen LogP contribution is -1.80. The first-order valence-corrected chi connectivity index (χ1v) is 8.65. The lowest BCUT2D eigenvalue weighted by molar-refractivity contribution is -0.107. The number of carbonyl (C=O) groups excluding carboxylic acids is 1. The fourth-order valence-electron chi connectivity index (χ4n) is 2.22. The Labute approximate surface area is 126 Å². The van der Waals surface area contributed by atoms with Gasteiger partial charge in [-0.05, 0) is 38.5 Å². The lowest BCUT2D eigenvalue weighted by atomic mass is 10.1. The van der Waals surface area contributed by atoms with Gasteiger partial charge in [0.15, 0.2) is 0 Å². The Morgan fingerprint density at radius 2 is 1.10 bits per heavy atom. The van der Waals surface area contributed by atoms with Crippen LogP contribution in [0.2, 0.25) is 0 Å². The number of carbonyl (C=O) groups is 1. The Bertz CT molecular complexity index is 240. The number of hydrogen-bond acceptors (Lipinski definition) is 1. The first kappa shape index (κ1) is 19.1. The van der Waals surface area contributed by atoms with Gasteiger partial charge in [0.1, 0.15) is 6.29 Å². The second-order valence-electron chi connectivity index (χ2n) is 5.54. The van der Waals surface area contributed by atoms with Gasteiger partial charge in [-0.25, -0.2) is 0 Å². The third-order valence-electron chi connectivity index (χ3n) is 3.52. The molecule has 0 aliphatic rings. The van der Waals surface area contributed by atoms with Gasteiger partial charge in [0, 0.05) is 6.42 Å². The largest absolute Gasteiger partial charge is 0.303 e. The van der Waals surface area contributed by atoms with Crippen LogP contribution in [0.1, 0.15) is 90.4 Å². The molecule has 0 aliphatic carbocycles. The van der Waals surface area contributed by atoms with Crippen molar-refractivity contribution < 1.29 is 4.79 Å². The zero-order valence-corrected chi connectivity index (χ0v) is 13.5. The van der Waals surface area contributed by atoms with Crippen LogP contribution in [0.3, 0.4) is 0 Å². The maximum Gasteiger partial charge on any atom is 0.119 e. The normalized spacial score (nSPS) is 11.7. The quantitative estimate of drug-likeness (QED) is 0.193. The summed E-state index contributed by atoms with van der Waals surface area (Å²) in [6.07, 6.45) is 26.1. The van der Waals surface area contributed by atoms with Crippen molar-refractivity contribution in [2.24, 2.45) is 0 Å². The summed E-state index contributed by atoms with van der Waals surface area (Å²) in [5.74, 6) is 0. The molecule has 0 aromatic heterocycles. The summed E-state index contributed by atoms with van der Waals surface area (Å²) in [5.41, 5.74) is 0. The highest BCUT2D eigenvalue weighted by atomic mass is 16.1. The van der Waals surface area contributed by atoms with Crippen molar-refractivity contribution in [2.45, 2.75) is 90.4 Å². The Hall–Kier alpha value is -0.850. The van der Waals surface area contributed by atoms with Crippen LogP contribution >= 0.6 is 0 Å². The molecule has 0 aromatic carbocycles. The summed E-state index contributed by atoms with van der Waals surface area (Å²) < 4.78 is 0. The van der Waals surface area contributed by atoms with Gasteiger partial charge in [0.25, 0.3) is 0 Å². The summed E-state index contributed by atoms with van der Waals surface area (Å²) >= 11 is 0. The van der Waals surface area contributed by atoms with Crippen molar-refractivity contribution in [3.8, 4) is 0 Å². The van der Waals surface area contributed by atoms with Crippen molar-refractivity contribution in [3.05, 3.63) is 24.3 Å². The first-order valence-electron chi connectivity index (χ1n) is 8.65. The zero-order chi connectivity index (χ0) is 14.7. The molecule has 0 fully saturated rings. The molecule has 0 heterocycles. The van der Waals surface area contributed by atoms with Gasteiger partial charge in [-0.1, -0.05) is 69.8 Å². The third-order valence-corrected chi connectivity index (χ3v) is 3.52. The van der Waals surface area contributed by atoms with Gasteiger partial charge >= 0.3 is 0 Å². The number of allylic oxidation sites excluding steroid dienone is 4. The van der Waals surface area contributed by atoms with Gasteiger partial charge in [0.2, 0.25) is 0 Å². The van der Waals surface area contributed by atoms with Gasteiger partial charge < -0.3 is 4.79 Å². The van der Waals surface area contributed by atoms with Crippen LogP contribution < -0.4 is 0 Å². The van der Waals surface area contributed by atoms with Crippen LogP contribution in [0, 0.1) is 0 Å². The van der Waals surface area contributed by atoms with Crippen LogP contribution in [0.5, 0.6) is 0 Å². The van der Waals surface area contributed by atoms with Crippen molar-refractivity contribution in [3.63, 3.8) is 0 Å². The summed E-state index contributed by atoms with van der Waals surface area (Å²) in [5, 5.41) is 0. The summed E-state index contributed by atoms with van der Waals surface area (Å²) in [7, 11) is 0. The molecule has 0 spiro atoms. The topological polar surface area (TPSA) is 17.1 Å². The fourth-order valence-corrected chi connectivity index (χ4v) is 2.22. The molecule has 0 amide bonds. The van der Waals surface area contributed by atoms with Crippen LogP contribution in [-0.2, 0) is 4.79 Å². The third kappa shape index (κ3) is 17.2. The monoisotopic (exact) mass is 278 g/mol. The van der Waals surface area contributed by atoms with Gasteiger partial charge in [0.05, 0.1) is 0 Å². The van der Waals surface area contributed by atoms with E-state index in [0.717, 1.165) is 25.5 Å². The van der Waals surface area contributed by atoms with Crippen molar-refractivity contribution in [2.75, 3.05) is 0 Å². The van der Waals surface area contributed by atoms with E-state index in [4.69, 9.17) is 0 Å². The molecule has 1 nitrogen and oxygen atoms in total. The van der Waals surface area contributed by atoms with E-state index in [1.54, 1.807) is 0 Å². The minimum Gasteiger partial charge on any atom is -0.303 e. The maximum atomic E-state index is 10.1. The Balaban J connectivity index is 3.13. The second-order valence-corrected chi connectivity index (χ2v) is 5.54. The molecule has 0 bridgehead atoms. The molecule has 0 aliphatic heterocycles. The molecule has 0 aromatic rings. The molecule has 20 heavy (non-hydrogen) atoms. The molecular formula is C19H34O. The van der Waals surface area contributed by atoms with Crippen LogP contribution in [0.15, 0.2) is 24.3 Å². The second kappa shape index (κ2) is 18.1. The van der Waals surface area contributed by atoms with Crippen molar-refractivity contribution in [1.29, 1.82) is 0 Å². The first-order chi connectivity index (χ1) is 9.91. The predicted octanol–water partition coefficient (Wildman–Crippen LogP) is 6.39. The fraction of sp³-hybridized carbons (Fsp3) is 0.737. The van der Waals surface area contributed by atoms with Gasteiger partial charge in [-0.3, -0.25) is 0 Å². The SMILES string of the molecule is CCCCC/C=C\C/C=C/CCCCCCCCC=O. The molecule has 0 saturated carbocycles. The minimum atomic E-state index is 0.745. The zero-order valence-electron chi connectivity index (χ0n) is 13.5. The Morgan fingerprint density at radius 3 is 1.65 bits per heavy atom. The maximum absolute atomic E-state index is 10.1. The summed E-state index contributed by atoms with van der Waals surface area (Å²) in [6, 6.07) is 0. The van der Waals surface area contributed by atoms with E-state index in [2.05, 4.69) is 31.2 Å². The van der Waals surface area contributed by atoms with E-state index in [1.807, 2.05) is 0 Å². The smallest absolute Gasteiger partial charge is 0.119 e. The molecule has 116 valence electrons. The number of unbranched alkanes of at least 4 members (excludes halogenated alkanes) is 10. The predicted molar refractivity (Wildman–Crippen MR) is 90.0 cm³/mol. The van der Waals surface area contributed by atoms with Crippen molar-refractivity contribution >= 4 is 6.29 Å². The molecule has 0 unspecified atom stereocenters. The average Bonchev–Trinajstić information content (AvgIpc) is 2.47. The standard InChI is InChI=1S/C19H34O/c1-2-3-4-5-6-7-8-9-10-11-12-13-14-15-16-17-18-19-20/h6-7,9-10,19H,2-5,8,11-18H2,1H3/b7-6-,10-9+. The van der Waals surface area contributed by atoms with E-state index in [9.17, 15) is 4.79 Å². The molecule has 0 radical (unpaired) electrons. The highest BCUT2D eigenvalue weighted by molar-refractivity contribution is 5.48.